The number of rotatable bonds is 38. The fourth-order valence-electron chi connectivity index (χ4n) is 11.6. The number of anilines is 7. The summed E-state index contributed by atoms with van der Waals surface area (Å²) in [6.07, 6.45) is 16.4. The van der Waals surface area contributed by atoms with Crippen LogP contribution in [0.25, 0.3) is 22.2 Å². The summed E-state index contributed by atoms with van der Waals surface area (Å²) >= 11 is -4.48. The maximum atomic E-state index is 12.1. The van der Waals surface area contributed by atoms with Crippen molar-refractivity contribution in [2.24, 2.45) is 25.7 Å². The van der Waals surface area contributed by atoms with Crippen LogP contribution in [0.2, 0.25) is 0 Å². The molecular formula is C80H90K4N16O20S5-2. The van der Waals surface area contributed by atoms with Gasteiger partial charge in [0.05, 0.1) is 81.7 Å². The minimum atomic E-state index is -5.16. The average Bonchev–Trinajstić information content (AvgIpc) is 1.70. The number of aromatic hydroxyl groups is 2. The predicted molar refractivity (Wildman–Crippen MR) is 452 cm³/mol. The zero-order valence-electron chi connectivity index (χ0n) is 71.3. The number of phenolic OH excluding ortho intramolecular Hbond substituents is 1. The molecule has 0 fully saturated rings. The van der Waals surface area contributed by atoms with Gasteiger partial charge in [-0.05, 0) is 154 Å². The Morgan fingerprint density at radius 3 is 1.67 bits per heavy atom. The third kappa shape index (κ3) is 37.0. The smallest absolute Gasteiger partial charge is 0.755 e. The van der Waals surface area contributed by atoms with Gasteiger partial charge >= 0.3 is 212 Å². The van der Waals surface area contributed by atoms with E-state index in [4.69, 9.17) is 19.5 Å². The van der Waals surface area contributed by atoms with Crippen LogP contribution in [0, 0.1) is 19.3 Å². The van der Waals surface area contributed by atoms with Gasteiger partial charge in [-0.25, -0.2) is 26.8 Å². The summed E-state index contributed by atoms with van der Waals surface area (Å²) < 4.78 is 122. The number of carbonyl (C=O) groups is 2. The summed E-state index contributed by atoms with van der Waals surface area (Å²) in [5.41, 5.74) is 4.50. The maximum Gasteiger partial charge on any atom is 1.00 e. The van der Waals surface area contributed by atoms with Gasteiger partial charge < -0.3 is 78.5 Å². The Hall–Kier alpha value is -4.93. The molecule has 1 aliphatic heterocycles. The van der Waals surface area contributed by atoms with E-state index in [0.717, 1.165) is 60.3 Å². The number of aryl methyl sites for hydroxylation is 2. The van der Waals surface area contributed by atoms with E-state index in [1.165, 1.54) is 130 Å². The molecule has 0 radical (unpaired) electrons. The molecule has 646 valence electrons. The van der Waals surface area contributed by atoms with Gasteiger partial charge in [-0.3, -0.25) is 18.5 Å². The Morgan fingerprint density at radius 1 is 0.624 bits per heavy atom. The van der Waals surface area contributed by atoms with Crippen molar-refractivity contribution < 1.29 is 299 Å². The van der Waals surface area contributed by atoms with Crippen molar-refractivity contribution in [3.05, 3.63) is 186 Å². The Balaban J connectivity index is 0.000000377. The molecule has 36 nitrogen and oxygen atoms in total. The number of carbonyl (C=O) groups excluding carboxylic acids is 2. The molecule has 0 saturated carbocycles. The Labute approximate surface area is 904 Å². The quantitative estimate of drug-likeness (QED) is 0.00410. The predicted octanol–water partition coefficient (Wildman–Crippen LogP) is 0.717. The first-order valence-electron chi connectivity index (χ1n) is 37.9. The molecule has 3 heterocycles. The normalized spacial score (nSPS) is 12.3. The van der Waals surface area contributed by atoms with Crippen molar-refractivity contribution in [1.29, 1.82) is 0 Å². The van der Waals surface area contributed by atoms with Crippen LogP contribution in [0.1, 0.15) is 156 Å². The molecule has 0 spiro atoms. The zero-order chi connectivity index (χ0) is 88.0. The number of hydrogen-bond donors (Lipinski definition) is 7. The van der Waals surface area contributed by atoms with Gasteiger partial charge in [0.2, 0.25) is 27.7 Å². The topological polar surface area (TPSA) is 535 Å². The molecule has 0 amide bonds. The number of sulfonamides is 1. The van der Waals surface area contributed by atoms with Crippen LogP contribution < -0.4 is 260 Å². The molecule has 0 aliphatic carbocycles. The van der Waals surface area contributed by atoms with Gasteiger partial charge in [0.15, 0.2) is 11.6 Å². The number of azo groups is 1. The van der Waals surface area contributed by atoms with Crippen LogP contribution in [0.4, 0.5) is 57.4 Å². The van der Waals surface area contributed by atoms with Gasteiger partial charge in [0.25, 0.3) is 0 Å². The van der Waals surface area contributed by atoms with Crippen LogP contribution in [-0.2, 0) is 52.0 Å². The maximum absolute atomic E-state index is 12.1. The van der Waals surface area contributed by atoms with Crippen molar-refractivity contribution in [3.8, 4) is 34.6 Å². The summed E-state index contributed by atoms with van der Waals surface area (Å²) in [5.74, 6) is -2.08. The number of carboxylic acids is 2. The molecule has 2 unspecified atom stereocenters. The molecule has 2 aromatic heterocycles. The number of fused-ring (bicyclic) bond motifs is 2. The third-order valence-corrected chi connectivity index (χ3v) is 20.2. The fraction of sp³-hybridized carbons (Fsp3) is 0.312. The monoisotopic (exact) mass is 1910 g/mol. The van der Waals surface area contributed by atoms with E-state index in [2.05, 4.69) is 103 Å². The zero-order valence-corrected chi connectivity index (χ0v) is 87.9. The number of ether oxygens (including phenoxy) is 2. The molecule has 2 atom stereocenters. The minimum Gasteiger partial charge on any atom is -0.755 e. The summed E-state index contributed by atoms with van der Waals surface area (Å²) in [4.78, 5) is 47.0. The number of benzene rings is 8. The van der Waals surface area contributed by atoms with E-state index in [1.54, 1.807) is 59.6 Å². The van der Waals surface area contributed by atoms with Gasteiger partial charge in [0.1, 0.15) is 33.0 Å². The van der Waals surface area contributed by atoms with E-state index in [1.807, 2.05) is 58.9 Å². The molecule has 0 saturated heterocycles. The number of hydrazine groups is 1. The number of aromatic nitrogens is 6. The van der Waals surface area contributed by atoms with Gasteiger partial charge in [-0.15, -0.1) is 24.9 Å². The Kier molecular flexibility index (Phi) is 50.4. The third-order valence-electron chi connectivity index (χ3n) is 17.4. The number of nitrogens with zero attached hydrogens (tertiary/aromatic N) is 11. The van der Waals surface area contributed by atoms with Crippen LogP contribution in [-0.4, -0.2) is 128 Å². The van der Waals surface area contributed by atoms with Crippen LogP contribution >= 0.6 is 12.0 Å². The minimum absolute atomic E-state index is 0. The molecule has 10 aromatic rings. The van der Waals surface area contributed by atoms with Gasteiger partial charge in [0, 0.05) is 73.6 Å². The van der Waals surface area contributed by atoms with Crippen molar-refractivity contribution in [3.63, 3.8) is 0 Å². The number of para-hydroxylation sites is 1. The molecule has 45 heteroatoms. The Morgan fingerprint density at radius 2 is 1.15 bits per heavy atom. The molecule has 1 aliphatic rings. The van der Waals surface area contributed by atoms with E-state index in [9.17, 15) is 74.2 Å². The molecule has 125 heavy (non-hydrogen) atoms. The number of hydrogen-bond acceptors (Lipinski definition) is 33. The van der Waals surface area contributed by atoms with Crippen molar-refractivity contribution in [1.82, 2.24) is 34.7 Å². The summed E-state index contributed by atoms with van der Waals surface area (Å²) in [6.45, 7) is 18.4. The molecule has 11 rings (SSSR count). The standard InChI is InChI=1S/C27H19N7O12S2.C24H30N8O4S2.C15H24O.C14H23NO3S.4K/c35-22-20-12(10-19(47-46-45-41)21(22)34-33-17-8-4-2-6-15(17)24(38)39)9-13(48(42,43)44)11-18(20)29-26-30-25(31-27(40)32-26)28-16-7-3-1-5-14(16)23(36)37;1-7-31(30-38(6,35)36)18-12-13-19(15(2)14-18)25-20-21(24(3,4)5)27-32-23(20)26-22(28-32)16-8-10-17(11-9-16)29-37(33)34;1-3-4-5-6-7-8-13-16-15-11-9-14(2)10-12-15;1-2-3-4-5-6-7-12-18-14-10-8-13(9-11-14)15-19(16)17;;;;/h1-11,35,41H,(H,36,37)(H,38,39)(H,42,43,44)(H3,28,29,30,31,32,40);8-14,29-30H,7H2,1-6H3,(H,33,34);9-12H,3-8,13H2,1-2H3;8-11,15H,2-7,12H2,1H3,(H,16,17);;;;/q;;;;4*+1/p-6. The van der Waals surface area contributed by atoms with Crippen LogP contribution in [0.3, 0.4) is 0 Å². The van der Waals surface area contributed by atoms with Gasteiger partial charge in [-0.1, -0.05) is 153 Å². The SMILES string of the molecule is CCCCCCCCOc1ccc(C)cc1.CCCCCCCCOc1ccc(NS(=O)[O-])cc1.CCN(NS(C)(=O)=O)c1ccc(N=C2C(C(C)(C)C)=Nn3nc(-c4ccc(NS(=O)[O-])cc4)nc32)c(C)c1.O=C([O-])c1ccccc1N=Nc1c(SOO[O-])cc2cc(S(=O)(=O)[O-])cc(Nc3nc(O)nc(Nc4ccccc4C(=O)[O-])n3)c2c1O.[K+].[K+].[K+].[K+]. The Bertz CT molecular complexity index is 5600. The first-order chi connectivity index (χ1) is 57.6. The number of aromatic carboxylic acids is 2. The molecule has 0 bridgehead atoms. The number of phenols is 1. The van der Waals surface area contributed by atoms with Crippen molar-refractivity contribution in [2.45, 2.75) is 142 Å². The van der Waals surface area contributed by atoms with Gasteiger partial charge in [-0.2, -0.15) is 24.4 Å². The number of aliphatic imine (C=N–C) groups is 1. The second-order valence-electron chi connectivity index (χ2n) is 27.9. The summed E-state index contributed by atoms with van der Waals surface area (Å²) in [5, 5.41) is 81.9. The first kappa shape index (κ1) is 112. The second kappa shape index (κ2) is 56.1. The molecule has 8 aromatic carbocycles. The summed E-state index contributed by atoms with van der Waals surface area (Å²) in [7, 11) is -8.58. The summed E-state index contributed by atoms with van der Waals surface area (Å²) in [6, 6.07) is 40.1. The van der Waals surface area contributed by atoms with E-state index in [-0.39, 0.29) is 267 Å². The van der Waals surface area contributed by atoms with Crippen LogP contribution in [0.15, 0.2) is 188 Å². The van der Waals surface area contributed by atoms with Crippen LogP contribution in [0.5, 0.6) is 23.3 Å². The molecular weight excluding hydrogens is 1820 g/mol. The molecule has 7 N–H and O–H groups in total. The number of carboxylic acid groups (broad SMARTS) is 2. The number of unbranched alkanes of at least 4 members (excludes halogenated alkanes) is 10. The largest absolute Gasteiger partial charge is 1.00 e. The number of nitrogens with one attached hydrogen (secondary N) is 5. The average molecular weight is 1910 g/mol. The fourth-order valence-corrected chi connectivity index (χ4v) is 13.9. The van der Waals surface area contributed by atoms with Crippen molar-refractivity contribution >= 4 is 146 Å². The first-order valence-corrected chi connectivity index (χ1v) is 44.0. The van der Waals surface area contributed by atoms with E-state index >= 15 is 0 Å². The van der Waals surface area contributed by atoms with E-state index < -0.39 is 88.9 Å². The van der Waals surface area contributed by atoms with E-state index in [0.29, 0.717) is 58.8 Å². The second-order valence-corrected chi connectivity index (χ2v) is 33.1. The van der Waals surface area contributed by atoms with Crippen molar-refractivity contribution in [2.75, 3.05) is 51.1 Å².